The van der Waals surface area contributed by atoms with Crippen molar-refractivity contribution in [2.75, 3.05) is 10.6 Å². The standard InChI is InChI=1S/C20H21FN2O3/c1-3-14-4-8-16(9-5-14)22-19(25)12-18(13(2)24)20(26)23-17-10-6-15(21)7-11-17/h4-11,18H,3,12H2,1-2H3,(H,22,25)(H,23,26)/t18-/m0/s1. The molecule has 0 bridgehead atoms. The number of rotatable bonds is 7. The Morgan fingerprint density at radius 3 is 2.00 bits per heavy atom. The maximum Gasteiger partial charge on any atom is 0.235 e. The molecule has 2 aromatic rings. The van der Waals surface area contributed by atoms with Gasteiger partial charge in [-0.25, -0.2) is 4.39 Å². The molecular formula is C20H21FN2O3. The van der Waals surface area contributed by atoms with Gasteiger partial charge in [-0.1, -0.05) is 19.1 Å². The van der Waals surface area contributed by atoms with E-state index in [-0.39, 0.29) is 6.42 Å². The van der Waals surface area contributed by atoms with E-state index in [1.165, 1.54) is 31.2 Å². The molecule has 1 atom stereocenters. The Kier molecular flexibility index (Phi) is 6.60. The molecule has 136 valence electrons. The molecule has 0 aliphatic heterocycles. The molecule has 0 aliphatic rings. The number of benzene rings is 2. The van der Waals surface area contributed by atoms with Gasteiger partial charge in [0.25, 0.3) is 0 Å². The zero-order valence-electron chi connectivity index (χ0n) is 14.7. The predicted molar refractivity (Wildman–Crippen MR) is 98.3 cm³/mol. The average Bonchev–Trinajstić information content (AvgIpc) is 2.62. The molecule has 0 unspecified atom stereocenters. The van der Waals surface area contributed by atoms with Crippen molar-refractivity contribution in [2.24, 2.45) is 5.92 Å². The highest BCUT2D eigenvalue weighted by atomic mass is 19.1. The number of nitrogens with one attached hydrogen (secondary N) is 2. The number of carbonyl (C=O) groups is 3. The fourth-order valence-electron chi connectivity index (χ4n) is 2.40. The van der Waals surface area contributed by atoms with Crippen LogP contribution in [-0.2, 0) is 20.8 Å². The maximum atomic E-state index is 12.9. The first-order valence-electron chi connectivity index (χ1n) is 8.34. The summed E-state index contributed by atoms with van der Waals surface area (Å²) in [7, 11) is 0. The van der Waals surface area contributed by atoms with Gasteiger partial charge in [-0.2, -0.15) is 0 Å². The summed E-state index contributed by atoms with van der Waals surface area (Å²) in [6.45, 7) is 3.29. The third kappa shape index (κ3) is 5.51. The van der Waals surface area contributed by atoms with Crippen LogP contribution in [0.1, 0.15) is 25.8 Å². The number of ketones is 1. The minimum absolute atomic E-state index is 0.266. The molecule has 0 spiro atoms. The minimum Gasteiger partial charge on any atom is -0.326 e. The van der Waals surface area contributed by atoms with E-state index in [1.807, 2.05) is 19.1 Å². The molecule has 6 heteroatoms. The first-order valence-corrected chi connectivity index (χ1v) is 8.34. The molecule has 0 aromatic heterocycles. The van der Waals surface area contributed by atoms with Crippen LogP contribution in [0.25, 0.3) is 0 Å². The Bertz CT molecular complexity index is 786. The lowest BCUT2D eigenvalue weighted by molar-refractivity contribution is -0.133. The second-order valence-corrected chi connectivity index (χ2v) is 5.96. The van der Waals surface area contributed by atoms with Crippen LogP contribution in [0, 0.1) is 11.7 Å². The van der Waals surface area contributed by atoms with E-state index < -0.39 is 29.3 Å². The lowest BCUT2D eigenvalue weighted by Gasteiger charge is -2.14. The zero-order valence-corrected chi connectivity index (χ0v) is 14.7. The Morgan fingerprint density at radius 2 is 1.46 bits per heavy atom. The van der Waals surface area contributed by atoms with Crippen molar-refractivity contribution < 1.29 is 18.8 Å². The molecule has 0 saturated carbocycles. The molecule has 2 aromatic carbocycles. The molecule has 0 heterocycles. The van der Waals surface area contributed by atoms with E-state index in [2.05, 4.69) is 10.6 Å². The lowest BCUT2D eigenvalue weighted by Crippen LogP contribution is -2.32. The first-order chi connectivity index (χ1) is 12.4. The number of aryl methyl sites for hydroxylation is 1. The minimum atomic E-state index is -1.12. The van der Waals surface area contributed by atoms with Crippen molar-refractivity contribution in [1.29, 1.82) is 0 Å². The van der Waals surface area contributed by atoms with Gasteiger partial charge in [-0.05, 0) is 55.3 Å². The van der Waals surface area contributed by atoms with Crippen LogP contribution >= 0.6 is 0 Å². The number of hydrogen-bond acceptors (Lipinski definition) is 3. The number of carbonyl (C=O) groups excluding carboxylic acids is 3. The molecule has 2 amide bonds. The Labute approximate surface area is 151 Å². The number of amides is 2. The van der Waals surface area contributed by atoms with Gasteiger partial charge in [0.1, 0.15) is 17.5 Å². The summed E-state index contributed by atoms with van der Waals surface area (Å²) in [5, 5.41) is 5.21. The molecule has 0 fully saturated rings. The number of anilines is 2. The van der Waals surface area contributed by atoms with Gasteiger partial charge in [0.15, 0.2) is 0 Å². The van der Waals surface area contributed by atoms with Crippen LogP contribution in [0.3, 0.4) is 0 Å². The second-order valence-electron chi connectivity index (χ2n) is 5.96. The Balaban J connectivity index is 1.99. The van der Waals surface area contributed by atoms with Crippen molar-refractivity contribution in [3.8, 4) is 0 Å². The first kappa shape index (κ1) is 19.3. The average molecular weight is 356 g/mol. The van der Waals surface area contributed by atoms with Crippen LogP contribution in [0.5, 0.6) is 0 Å². The molecule has 2 rings (SSSR count). The normalized spacial score (nSPS) is 11.5. The van der Waals surface area contributed by atoms with Gasteiger partial charge in [-0.15, -0.1) is 0 Å². The van der Waals surface area contributed by atoms with Gasteiger partial charge >= 0.3 is 0 Å². The maximum absolute atomic E-state index is 12.9. The van der Waals surface area contributed by atoms with Gasteiger partial charge in [-0.3, -0.25) is 14.4 Å². The van der Waals surface area contributed by atoms with Gasteiger partial charge in [0.05, 0.1) is 0 Å². The van der Waals surface area contributed by atoms with E-state index in [9.17, 15) is 18.8 Å². The van der Waals surface area contributed by atoms with Crippen LogP contribution in [0.15, 0.2) is 48.5 Å². The smallest absolute Gasteiger partial charge is 0.235 e. The predicted octanol–water partition coefficient (Wildman–Crippen LogP) is 3.56. The van der Waals surface area contributed by atoms with E-state index in [4.69, 9.17) is 0 Å². The van der Waals surface area contributed by atoms with E-state index in [0.29, 0.717) is 11.4 Å². The number of halogens is 1. The summed E-state index contributed by atoms with van der Waals surface area (Å²) < 4.78 is 12.9. The summed E-state index contributed by atoms with van der Waals surface area (Å²) in [5.41, 5.74) is 2.11. The largest absolute Gasteiger partial charge is 0.326 e. The molecule has 0 aliphatic carbocycles. The van der Waals surface area contributed by atoms with E-state index >= 15 is 0 Å². The SMILES string of the molecule is CCc1ccc(NC(=O)C[C@@H](C(C)=O)C(=O)Nc2ccc(F)cc2)cc1. The summed E-state index contributed by atoms with van der Waals surface area (Å²) in [5.74, 6) is -2.99. The van der Waals surface area contributed by atoms with Crippen molar-refractivity contribution in [1.82, 2.24) is 0 Å². The molecular weight excluding hydrogens is 335 g/mol. The number of hydrogen-bond donors (Lipinski definition) is 2. The summed E-state index contributed by atoms with van der Waals surface area (Å²) in [6, 6.07) is 12.5. The van der Waals surface area contributed by atoms with Crippen LogP contribution in [0.2, 0.25) is 0 Å². The molecule has 0 saturated heterocycles. The second kappa shape index (κ2) is 8.89. The van der Waals surface area contributed by atoms with Gasteiger partial charge in [0, 0.05) is 17.8 Å². The van der Waals surface area contributed by atoms with Crippen molar-refractivity contribution in [3.05, 3.63) is 59.9 Å². The van der Waals surface area contributed by atoms with Gasteiger partial charge in [0.2, 0.25) is 11.8 Å². The monoisotopic (exact) mass is 356 g/mol. The van der Waals surface area contributed by atoms with Crippen LogP contribution in [-0.4, -0.2) is 17.6 Å². The Hall–Kier alpha value is -3.02. The van der Waals surface area contributed by atoms with E-state index in [1.54, 1.807) is 12.1 Å². The zero-order chi connectivity index (χ0) is 19.1. The number of Topliss-reactive ketones (excluding diaryl/α,β-unsaturated/α-hetero) is 1. The van der Waals surface area contributed by atoms with E-state index in [0.717, 1.165) is 12.0 Å². The summed E-state index contributed by atoms with van der Waals surface area (Å²) in [4.78, 5) is 36.3. The lowest BCUT2D eigenvalue weighted by atomic mass is 9.99. The third-order valence-electron chi connectivity index (χ3n) is 3.95. The van der Waals surface area contributed by atoms with Crippen molar-refractivity contribution in [3.63, 3.8) is 0 Å². The highest BCUT2D eigenvalue weighted by Crippen LogP contribution is 2.15. The molecule has 0 radical (unpaired) electrons. The van der Waals surface area contributed by atoms with Crippen molar-refractivity contribution in [2.45, 2.75) is 26.7 Å². The molecule has 5 nitrogen and oxygen atoms in total. The Morgan fingerprint density at radius 1 is 0.923 bits per heavy atom. The highest BCUT2D eigenvalue weighted by molar-refractivity contribution is 6.09. The molecule has 2 N–H and O–H groups in total. The summed E-state index contributed by atoms with van der Waals surface area (Å²) >= 11 is 0. The van der Waals surface area contributed by atoms with Crippen molar-refractivity contribution >= 4 is 29.0 Å². The quantitative estimate of drug-likeness (QED) is 0.745. The fraction of sp³-hybridized carbons (Fsp3) is 0.250. The third-order valence-corrected chi connectivity index (χ3v) is 3.95. The van der Waals surface area contributed by atoms with Gasteiger partial charge < -0.3 is 10.6 Å². The topological polar surface area (TPSA) is 75.3 Å². The van der Waals surface area contributed by atoms with Crippen LogP contribution < -0.4 is 10.6 Å². The summed E-state index contributed by atoms with van der Waals surface area (Å²) in [6.07, 6.45) is 0.627. The fourth-order valence-corrected chi connectivity index (χ4v) is 2.40. The highest BCUT2D eigenvalue weighted by Gasteiger charge is 2.26. The van der Waals surface area contributed by atoms with Crippen LogP contribution in [0.4, 0.5) is 15.8 Å². The molecule has 26 heavy (non-hydrogen) atoms.